The molecule has 0 fully saturated rings. The maximum absolute atomic E-state index is 12.7. The Labute approximate surface area is 112 Å². The predicted octanol–water partition coefficient (Wildman–Crippen LogP) is 5.03. The number of phenols is 1. The fourth-order valence-corrected chi connectivity index (χ4v) is 1.78. The first-order valence-corrected chi connectivity index (χ1v) is 6.41. The van der Waals surface area contributed by atoms with Crippen molar-refractivity contribution in [2.24, 2.45) is 11.3 Å². The van der Waals surface area contributed by atoms with Crippen molar-refractivity contribution in [3.63, 3.8) is 0 Å². The largest absolute Gasteiger partial charge is 0.507 e. The molecule has 0 saturated heterocycles. The molecule has 0 amide bonds. The van der Waals surface area contributed by atoms with E-state index in [1.165, 1.54) is 0 Å². The Balaban J connectivity index is 2.82. The number of alkyl halides is 3. The van der Waals surface area contributed by atoms with E-state index < -0.39 is 17.5 Å². The molecule has 0 saturated carbocycles. The van der Waals surface area contributed by atoms with Crippen molar-refractivity contribution in [1.29, 1.82) is 0 Å². The van der Waals surface area contributed by atoms with Crippen LogP contribution in [0.3, 0.4) is 0 Å². The van der Waals surface area contributed by atoms with Gasteiger partial charge in [-0.1, -0.05) is 33.8 Å². The molecular weight excluding hydrogens is 253 g/mol. The maximum atomic E-state index is 12.7. The Morgan fingerprint density at radius 1 is 1.16 bits per heavy atom. The highest BCUT2D eigenvalue weighted by atomic mass is 19.4. The van der Waals surface area contributed by atoms with Crippen LogP contribution in [0.25, 0.3) is 0 Å². The van der Waals surface area contributed by atoms with Gasteiger partial charge in [-0.2, -0.15) is 13.2 Å². The topological polar surface area (TPSA) is 20.2 Å². The van der Waals surface area contributed by atoms with E-state index in [4.69, 9.17) is 0 Å². The molecule has 1 N–H and O–H groups in total. The minimum absolute atomic E-state index is 0.143. The van der Waals surface area contributed by atoms with Crippen LogP contribution in [0.4, 0.5) is 13.2 Å². The van der Waals surface area contributed by atoms with E-state index in [1.807, 2.05) is 0 Å². The quantitative estimate of drug-likeness (QED) is 0.820. The number of phenolic OH excluding ortho intramolecular Hbond substituents is 1. The number of hydrogen-bond donors (Lipinski definition) is 1. The molecule has 108 valence electrons. The summed E-state index contributed by atoms with van der Waals surface area (Å²) in [6.45, 7) is 8.46. The third-order valence-electron chi connectivity index (χ3n) is 3.71. The standard InChI is InChI=1S/C15H21F3O/c1-10(14(2,3)4)5-6-11-7-8-13(19)12(9-11)15(16,17)18/h7-10,19H,5-6H2,1-4H3. The van der Waals surface area contributed by atoms with Crippen LogP contribution in [0.15, 0.2) is 18.2 Å². The van der Waals surface area contributed by atoms with E-state index in [9.17, 15) is 18.3 Å². The van der Waals surface area contributed by atoms with Crippen LogP contribution in [0.2, 0.25) is 0 Å². The van der Waals surface area contributed by atoms with Crippen LogP contribution in [0.1, 0.15) is 45.2 Å². The molecule has 1 atom stereocenters. The van der Waals surface area contributed by atoms with Crippen LogP contribution in [-0.2, 0) is 12.6 Å². The van der Waals surface area contributed by atoms with Crippen molar-refractivity contribution in [2.45, 2.75) is 46.7 Å². The van der Waals surface area contributed by atoms with Crippen LogP contribution in [0.5, 0.6) is 5.75 Å². The van der Waals surface area contributed by atoms with Gasteiger partial charge < -0.3 is 5.11 Å². The van der Waals surface area contributed by atoms with Crippen molar-refractivity contribution >= 4 is 0 Å². The fourth-order valence-electron chi connectivity index (χ4n) is 1.78. The molecule has 0 aliphatic rings. The highest BCUT2D eigenvalue weighted by Gasteiger charge is 2.34. The number of aromatic hydroxyl groups is 1. The summed E-state index contributed by atoms with van der Waals surface area (Å²) >= 11 is 0. The number of benzene rings is 1. The molecule has 19 heavy (non-hydrogen) atoms. The summed E-state index contributed by atoms with van der Waals surface area (Å²) in [5.41, 5.74) is -0.196. The van der Waals surface area contributed by atoms with Gasteiger partial charge in [0.25, 0.3) is 0 Å². The summed E-state index contributed by atoms with van der Waals surface area (Å²) in [5.74, 6) is -0.296. The third kappa shape index (κ3) is 4.44. The van der Waals surface area contributed by atoms with Crippen molar-refractivity contribution < 1.29 is 18.3 Å². The summed E-state index contributed by atoms with van der Waals surface area (Å²) in [6, 6.07) is 3.73. The summed E-state index contributed by atoms with van der Waals surface area (Å²) in [5, 5.41) is 9.26. The minimum Gasteiger partial charge on any atom is -0.507 e. The van der Waals surface area contributed by atoms with Crippen LogP contribution in [0, 0.1) is 11.3 Å². The minimum atomic E-state index is -4.50. The molecule has 1 nitrogen and oxygen atoms in total. The van der Waals surface area contributed by atoms with Gasteiger partial charge in [0.15, 0.2) is 0 Å². The van der Waals surface area contributed by atoms with Gasteiger partial charge >= 0.3 is 6.18 Å². The highest BCUT2D eigenvalue weighted by Crippen LogP contribution is 2.36. The zero-order valence-corrected chi connectivity index (χ0v) is 11.8. The van der Waals surface area contributed by atoms with Crippen LogP contribution in [-0.4, -0.2) is 5.11 Å². The lowest BCUT2D eigenvalue weighted by Gasteiger charge is -2.27. The molecule has 1 unspecified atom stereocenters. The SMILES string of the molecule is CC(CCc1ccc(O)c(C(F)(F)F)c1)C(C)(C)C. The van der Waals surface area contributed by atoms with Gasteiger partial charge in [-0.15, -0.1) is 0 Å². The van der Waals surface area contributed by atoms with E-state index in [2.05, 4.69) is 27.7 Å². The molecule has 0 heterocycles. The molecule has 0 spiro atoms. The lowest BCUT2D eigenvalue weighted by molar-refractivity contribution is -0.138. The summed E-state index contributed by atoms with van der Waals surface area (Å²) in [6.07, 6.45) is -3.09. The summed E-state index contributed by atoms with van der Waals surface area (Å²) in [7, 11) is 0. The van der Waals surface area contributed by atoms with Gasteiger partial charge in [-0.25, -0.2) is 0 Å². The Kier molecular flexibility index (Phi) is 4.54. The van der Waals surface area contributed by atoms with Gasteiger partial charge in [0.2, 0.25) is 0 Å². The second-order valence-corrected chi connectivity index (χ2v) is 6.16. The first-order chi connectivity index (χ1) is 8.51. The molecule has 1 aromatic carbocycles. The molecular formula is C15H21F3O. The Morgan fingerprint density at radius 3 is 2.21 bits per heavy atom. The zero-order chi connectivity index (χ0) is 14.8. The monoisotopic (exact) mass is 274 g/mol. The Hall–Kier alpha value is -1.19. The van der Waals surface area contributed by atoms with E-state index in [0.29, 0.717) is 17.9 Å². The molecule has 0 aliphatic carbocycles. The van der Waals surface area contributed by atoms with Gasteiger partial charge in [0, 0.05) is 0 Å². The van der Waals surface area contributed by atoms with Gasteiger partial charge in [0.05, 0.1) is 5.56 Å². The molecule has 1 rings (SSSR count). The molecule has 0 bridgehead atoms. The van der Waals surface area contributed by atoms with E-state index in [-0.39, 0.29) is 5.41 Å². The maximum Gasteiger partial charge on any atom is 0.419 e. The van der Waals surface area contributed by atoms with Gasteiger partial charge in [-0.3, -0.25) is 0 Å². The van der Waals surface area contributed by atoms with Crippen molar-refractivity contribution in [3.8, 4) is 5.75 Å². The lowest BCUT2D eigenvalue weighted by Crippen LogP contribution is -2.17. The number of aryl methyl sites for hydroxylation is 1. The second kappa shape index (κ2) is 5.43. The van der Waals surface area contributed by atoms with Crippen LogP contribution >= 0.6 is 0 Å². The number of halogens is 3. The second-order valence-electron chi connectivity index (χ2n) is 6.16. The first-order valence-electron chi connectivity index (χ1n) is 6.41. The average molecular weight is 274 g/mol. The lowest BCUT2D eigenvalue weighted by atomic mass is 9.79. The van der Waals surface area contributed by atoms with E-state index >= 15 is 0 Å². The van der Waals surface area contributed by atoms with Gasteiger partial charge in [0.1, 0.15) is 5.75 Å². The van der Waals surface area contributed by atoms with E-state index in [1.54, 1.807) is 6.07 Å². The molecule has 0 radical (unpaired) electrons. The first kappa shape index (κ1) is 15.9. The van der Waals surface area contributed by atoms with Crippen molar-refractivity contribution in [3.05, 3.63) is 29.3 Å². The third-order valence-corrected chi connectivity index (χ3v) is 3.71. The number of hydrogen-bond acceptors (Lipinski definition) is 1. The van der Waals surface area contributed by atoms with Crippen molar-refractivity contribution in [2.75, 3.05) is 0 Å². The molecule has 0 aromatic heterocycles. The Morgan fingerprint density at radius 2 is 1.74 bits per heavy atom. The predicted molar refractivity (Wildman–Crippen MR) is 70.0 cm³/mol. The van der Waals surface area contributed by atoms with E-state index in [0.717, 1.165) is 18.6 Å². The fraction of sp³-hybridized carbons (Fsp3) is 0.600. The molecule has 1 aromatic rings. The normalized spacial score (nSPS) is 14.5. The summed E-state index contributed by atoms with van der Waals surface area (Å²) < 4.78 is 38.0. The average Bonchev–Trinajstić information content (AvgIpc) is 2.24. The van der Waals surface area contributed by atoms with Crippen LogP contribution < -0.4 is 0 Å². The van der Waals surface area contributed by atoms with Crippen molar-refractivity contribution in [1.82, 2.24) is 0 Å². The Bertz CT molecular complexity index is 430. The smallest absolute Gasteiger partial charge is 0.419 e. The number of rotatable bonds is 3. The highest BCUT2D eigenvalue weighted by molar-refractivity contribution is 5.38. The zero-order valence-electron chi connectivity index (χ0n) is 11.8. The summed E-state index contributed by atoms with van der Waals surface area (Å²) in [4.78, 5) is 0. The molecule has 0 aliphatic heterocycles. The van der Waals surface area contributed by atoms with Gasteiger partial charge in [-0.05, 0) is 41.9 Å². The molecule has 4 heteroatoms.